The first-order valence-corrected chi connectivity index (χ1v) is 9.18. The second kappa shape index (κ2) is 5.24. The van der Waals surface area contributed by atoms with Crippen LogP contribution in [0.5, 0.6) is 0 Å². The summed E-state index contributed by atoms with van der Waals surface area (Å²) in [6.45, 7) is 0. The number of nitrogens with one attached hydrogen (secondary N) is 1. The number of nitrogens with zero attached hydrogens (tertiary/aromatic N) is 1. The molecule has 21 heavy (non-hydrogen) atoms. The Balaban J connectivity index is 2.28. The number of hydrogen-bond donors (Lipinski definition) is 2. The Hall–Kier alpha value is -1.72. The quantitative estimate of drug-likeness (QED) is 0.433. The lowest BCUT2D eigenvalue weighted by Gasteiger charge is -2.11. The molecule has 1 unspecified atom stereocenters. The van der Waals surface area contributed by atoms with E-state index >= 15 is 0 Å². The second-order valence-electron chi connectivity index (χ2n) is 4.70. The summed E-state index contributed by atoms with van der Waals surface area (Å²) in [4.78, 5) is 9.65. The highest BCUT2D eigenvalue weighted by Gasteiger charge is 2.32. The van der Waals surface area contributed by atoms with Crippen LogP contribution in [0, 0.1) is 10.1 Å². The van der Waals surface area contributed by atoms with Crippen LogP contribution in [-0.4, -0.2) is 39.3 Å². The van der Waals surface area contributed by atoms with Gasteiger partial charge in [0.25, 0.3) is 5.69 Å². The van der Waals surface area contributed by atoms with Gasteiger partial charge in [-0.15, -0.1) is 0 Å². The number of nitro benzene ring substituents is 1. The molecule has 2 rings (SSSR count). The first kappa shape index (κ1) is 15.7. The normalized spacial score (nSPS) is 21.2. The van der Waals surface area contributed by atoms with Crippen molar-refractivity contribution in [3.8, 4) is 0 Å². The summed E-state index contributed by atoms with van der Waals surface area (Å²) in [5, 5.41) is 10.8. The molecule has 1 heterocycles. The van der Waals surface area contributed by atoms with Crippen LogP contribution in [0.3, 0.4) is 0 Å². The minimum Gasteiger partial charge on any atom is -0.393 e. The van der Waals surface area contributed by atoms with E-state index in [-0.39, 0.29) is 28.5 Å². The van der Waals surface area contributed by atoms with Crippen molar-refractivity contribution >= 4 is 31.2 Å². The molecule has 1 aromatic carbocycles. The maximum atomic E-state index is 12.1. The maximum Gasteiger partial charge on any atom is 0.293 e. The average Bonchev–Trinajstić information content (AvgIpc) is 2.67. The van der Waals surface area contributed by atoms with E-state index in [0.29, 0.717) is 0 Å². The van der Waals surface area contributed by atoms with Gasteiger partial charge in [0.1, 0.15) is 5.69 Å². The van der Waals surface area contributed by atoms with Gasteiger partial charge >= 0.3 is 0 Å². The highest BCUT2D eigenvalue weighted by Crippen LogP contribution is 2.25. The van der Waals surface area contributed by atoms with Crippen LogP contribution in [0.4, 0.5) is 11.4 Å². The molecule has 0 spiro atoms. The Kier molecular flexibility index (Phi) is 3.91. The molecule has 3 N–H and O–H groups in total. The fraction of sp³-hybridized carbons (Fsp3) is 0.400. The van der Waals surface area contributed by atoms with Crippen molar-refractivity contribution in [2.75, 3.05) is 17.2 Å². The molecule has 1 atom stereocenters. The molecule has 0 amide bonds. The van der Waals surface area contributed by atoms with Crippen molar-refractivity contribution in [2.45, 2.75) is 17.4 Å². The van der Waals surface area contributed by atoms with Crippen molar-refractivity contribution in [3.05, 3.63) is 28.3 Å². The van der Waals surface area contributed by atoms with Crippen molar-refractivity contribution < 1.29 is 21.8 Å². The molecule has 0 saturated carbocycles. The topological polar surface area (TPSA) is 149 Å². The zero-order valence-electron chi connectivity index (χ0n) is 10.7. The fourth-order valence-corrected chi connectivity index (χ4v) is 5.09. The first-order valence-electron chi connectivity index (χ1n) is 5.87. The summed E-state index contributed by atoms with van der Waals surface area (Å²) in [6, 6.07) is 2.38. The monoisotopic (exact) mass is 335 g/mol. The number of sulfonamides is 1. The summed E-state index contributed by atoms with van der Waals surface area (Å²) in [7, 11) is -7.27. The minimum absolute atomic E-state index is 0.0813. The number of nitrogens with two attached hydrogens (primary N) is 1. The van der Waals surface area contributed by atoms with Gasteiger partial charge in [0, 0.05) is 12.1 Å². The number of benzene rings is 1. The van der Waals surface area contributed by atoms with E-state index in [1.54, 1.807) is 0 Å². The third-order valence-corrected chi connectivity index (χ3v) is 6.35. The molecule has 1 aliphatic heterocycles. The van der Waals surface area contributed by atoms with Crippen LogP contribution in [0.15, 0.2) is 23.1 Å². The molecule has 0 radical (unpaired) electrons. The minimum atomic E-state index is -4.04. The fourth-order valence-electron chi connectivity index (χ4n) is 2.02. The zero-order valence-corrected chi connectivity index (χ0v) is 12.4. The van der Waals surface area contributed by atoms with Gasteiger partial charge in [-0.25, -0.2) is 21.6 Å². The number of rotatable bonds is 4. The molecule has 1 aromatic rings. The van der Waals surface area contributed by atoms with Gasteiger partial charge in [-0.1, -0.05) is 0 Å². The van der Waals surface area contributed by atoms with Crippen molar-refractivity contribution in [2.24, 2.45) is 0 Å². The Morgan fingerprint density at radius 3 is 2.57 bits per heavy atom. The van der Waals surface area contributed by atoms with Gasteiger partial charge < -0.3 is 5.73 Å². The first-order chi connectivity index (χ1) is 9.61. The van der Waals surface area contributed by atoms with Crippen LogP contribution in [0.2, 0.25) is 0 Å². The van der Waals surface area contributed by atoms with E-state index in [9.17, 15) is 26.9 Å². The van der Waals surface area contributed by atoms with Gasteiger partial charge in [-0.05, 0) is 18.6 Å². The molecule has 116 valence electrons. The predicted molar refractivity (Wildman–Crippen MR) is 74.9 cm³/mol. The van der Waals surface area contributed by atoms with E-state index < -0.39 is 36.5 Å². The molecule has 1 aliphatic rings. The number of sulfone groups is 1. The Morgan fingerprint density at radius 2 is 2.05 bits per heavy atom. The highest BCUT2D eigenvalue weighted by molar-refractivity contribution is 7.92. The second-order valence-corrected chi connectivity index (χ2v) is 8.64. The Morgan fingerprint density at radius 1 is 1.38 bits per heavy atom. The molecule has 11 heteroatoms. The maximum absolute atomic E-state index is 12.1. The molecule has 1 saturated heterocycles. The van der Waals surface area contributed by atoms with Gasteiger partial charge in [0.15, 0.2) is 9.84 Å². The number of nitrogen functional groups attached to an aromatic ring is 1. The van der Waals surface area contributed by atoms with Crippen LogP contribution in [-0.2, 0) is 19.9 Å². The predicted octanol–water partition coefficient (Wildman–Crippen LogP) is -0.358. The van der Waals surface area contributed by atoms with Gasteiger partial charge in [-0.3, -0.25) is 10.1 Å². The van der Waals surface area contributed by atoms with Crippen molar-refractivity contribution in [1.82, 2.24) is 4.72 Å². The lowest BCUT2D eigenvalue weighted by atomic mass is 10.3. The lowest BCUT2D eigenvalue weighted by molar-refractivity contribution is -0.384. The average molecular weight is 335 g/mol. The highest BCUT2D eigenvalue weighted by atomic mass is 32.2. The SMILES string of the molecule is Nc1ccc(S(=O)(=O)NC2CCS(=O)(=O)C2)cc1[N+](=O)[O-]. The third-order valence-electron chi connectivity index (χ3n) is 3.06. The largest absolute Gasteiger partial charge is 0.393 e. The van der Waals surface area contributed by atoms with Crippen molar-refractivity contribution in [3.63, 3.8) is 0 Å². The zero-order chi connectivity index (χ0) is 15.8. The smallest absolute Gasteiger partial charge is 0.293 e. The third kappa shape index (κ3) is 3.49. The van der Waals surface area contributed by atoms with E-state index in [1.165, 1.54) is 0 Å². The summed E-state index contributed by atoms with van der Waals surface area (Å²) < 4.78 is 49.1. The lowest BCUT2D eigenvalue weighted by Crippen LogP contribution is -2.35. The summed E-state index contributed by atoms with van der Waals surface area (Å²) in [5.41, 5.74) is 4.73. The molecule has 0 aromatic heterocycles. The van der Waals surface area contributed by atoms with E-state index in [2.05, 4.69) is 4.72 Å². The van der Waals surface area contributed by atoms with Crippen LogP contribution >= 0.6 is 0 Å². The molecule has 0 aliphatic carbocycles. The standard InChI is InChI=1S/C10H13N3O6S2/c11-9-2-1-8(5-10(9)13(14)15)21(18,19)12-7-3-4-20(16,17)6-7/h1-2,5,7,12H,3-4,6,11H2. The van der Waals surface area contributed by atoms with E-state index in [1.807, 2.05) is 0 Å². The number of nitro groups is 1. The molecule has 9 nitrogen and oxygen atoms in total. The number of hydrogen-bond acceptors (Lipinski definition) is 7. The summed E-state index contributed by atoms with van der Waals surface area (Å²) in [6.07, 6.45) is 0.179. The van der Waals surface area contributed by atoms with E-state index in [0.717, 1.165) is 18.2 Å². The van der Waals surface area contributed by atoms with Gasteiger partial charge in [0.05, 0.1) is 21.3 Å². The summed E-state index contributed by atoms with van der Waals surface area (Å²) >= 11 is 0. The molecule has 0 bridgehead atoms. The Bertz CT molecular complexity index is 787. The van der Waals surface area contributed by atoms with Gasteiger partial charge in [0.2, 0.25) is 10.0 Å². The number of anilines is 1. The molecule has 1 fully saturated rings. The van der Waals surface area contributed by atoms with E-state index in [4.69, 9.17) is 5.73 Å². The molecular formula is C10H13N3O6S2. The Labute approximate surface area is 121 Å². The summed E-state index contributed by atoms with van der Waals surface area (Å²) in [5.74, 6) is -0.356. The van der Waals surface area contributed by atoms with Crippen LogP contribution < -0.4 is 10.5 Å². The van der Waals surface area contributed by atoms with Crippen molar-refractivity contribution in [1.29, 1.82) is 0 Å². The van der Waals surface area contributed by atoms with Gasteiger partial charge in [-0.2, -0.15) is 0 Å². The molecular weight excluding hydrogens is 322 g/mol. The van der Waals surface area contributed by atoms with Crippen LogP contribution in [0.1, 0.15) is 6.42 Å². The van der Waals surface area contributed by atoms with Crippen LogP contribution in [0.25, 0.3) is 0 Å².